The molecule has 0 heterocycles. The van der Waals surface area contributed by atoms with Gasteiger partial charge in [-0.1, -0.05) is 13.7 Å². The summed E-state index contributed by atoms with van der Waals surface area (Å²) >= 11 is 0. The second-order valence-electron chi connectivity index (χ2n) is 1.89. The Kier molecular flexibility index (Phi) is 0.724. The lowest BCUT2D eigenvalue weighted by Crippen LogP contribution is -2.04. The van der Waals surface area contributed by atoms with E-state index in [2.05, 4.69) is 4.74 Å². The number of ether oxygens (including phenoxy) is 1. The van der Waals surface area contributed by atoms with Crippen molar-refractivity contribution in [1.29, 1.82) is 0 Å². The molecule has 0 amide bonds. The first-order chi connectivity index (χ1) is 11.8. The molecule has 0 aliphatic rings. The lowest BCUT2D eigenvalue weighted by Gasteiger charge is -2.07. The zero-order valence-electron chi connectivity index (χ0n) is 20.3. The van der Waals surface area contributed by atoms with Crippen LogP contribution in [0, 0.1) is 5.89 Å². The third-order valence-electron chi connectivity index (χ3n) is 0.959. The average Bonchev–Trinajstić information content (AvgIpc) is 2.46. The highest BCUT2D eigenvalue weighted by Gasteiger charge is 1.96. The maximum atomic E-state index is 11.2. The quantitative estimate of drug-likeness (QED) is 0.685. The molecule has 0 N–H and O–H groups in total. The van der Waals surface area contributed by atoms with Gasteiger partial charge in [-0.3, -0.25) is 4.79 Å². The van der Waals surface area contributed by atoms with E-state index in [1.165, 1.54) is 0 Å². The largest absolute Gasteiger partial charge is 0.493 e. The molecule has 0 fully saturated rings. The Morgan fingerprint density at radius 2 is 2.46 bits per heavy atom. The van der Waals surface area contributed by atoms with Crippen LogP contribution in [-0.4, -0.2) is 12.8 Å². The maximum absolute atomic E-state index is 11.2. The van der Waals surface area contributed by atoms with Gasteiger partial charge in [-0.05, 0) is 30.1 Å². The third-order valence-corrected chi connectivity index (χ3v) is 0.959. The van der Waals surface area contributed by atoms with Crippen LogP contribution < -0.4 is 4.74 Å². The van der Waals surface area contributed by atoms with E-state index in [-0.39, 0.29) is 0 Å². The Bertz CT molecular complexity index is 719. The van der Waals surface area contributed by atoms with Crippen molar-refractivity contribution in [2.75, 3.05) is 6.56 Å². The Morgan fingerprint density at radius 1 is 1.77 bits per heavy atom. The van der Waals surface area contributed by atoms with Gasteiger partial charge >= 0.3 is 0 Å². The average molecular weight is 192 g/mol. The fourth-order valence-electron chi connectivity index (χ4n) is 0.505. The van der Waals surface area contributed by atoms with Crippen LogP contribution in [0.15, 0.2) is 24.2 Å². The highest BCUT2D eigenvalue weighted by Crippen LogP contribution is 2.11. The van der Waals surface area contributed by atoms with E-state index in [9.17, 15) is 4.79 Å². The SMILES string of the molecule is [2H]C(=O)c1c([2H])c([2H])c(OC([2H])([2H])C([2H])(C([2H])([2H])[2H])C([2H])([2H])[2H])c([2H])c1[2H]. The minimum atomic E-state index is -3.85. The molecule has 0 aliphatic heterocycles. The van der Waals surface area contributed by atoms with Crippen LogP contribution in [0.2, 0.25) is 0 Å². The van der Waals surface area contributed by atoms with Crippen LogP contribution >= 0.6 is 0 Å². The Balaban J connectivity index is 3.70. The summed E-state index contributed by atoms with van der Waals surface area (Å²) in [5.74, 6) is -5.04. The first-order valence-corrected chi connectivity index (χ1v) is 3.11. The van der Waals surface area contributed by atoms with Crippen molar-refractivity contribution in [3.05, 3.63) is 29.7 Å². The number of benzene rings is 1. The van der Waals surface area contributed by atoms with Gasteiger partial charge in [0.1, 0.15) is 13.4 Å². The smallest absolute Gasteiger partial charge is 0.150 e. The van der Waals surface area contributed by atoms with Gasteiger partial charge in [0, 0.05) is 15.2 Å². The number of carbonyl (C=O) groups is 1. The molecule has 0 aromatic heterocycles. The molecule has 1 aromatic carbocycles. The first kappa shape index (κ1) is 2.02. The molecule has 1 aromatic rings. The van der Waals surface area contributed by atoms with E-state index in [0.717, 1.165) is 0 Å². The predicted molar refractivity (Wildman–Crippen MR) is 52.2 cm³/mol. The normalized spacial score (nSPS) is 29.5. The molecule has 0 spiro atoms. The summed E-state index contributed by atoms with van der Waals surface area (Å²) < 4.78 is 109. The van der Waals surface area contributed by atoms with Crippen LogP contribution in [0.4, 0.5) is 0 Å². The van der Waals surface area contributed by atoms with Crippen LogP contribution in [-0.2, 0) is 0 Å². The zero-order chi connectivity index (χ0) is 21.7. The predicted octanol–water partition coefficient (Wildman–Crippen LogP) is 2.53. The van der Waals surface area contributed by atoms with Crippen molar-refractivity contribution in [1.82, 2.24) is 0 Å². The van der Waals surface area contributed by atoms with E-state index < -0.39 is 67.9 Å². The Morgan fingerprint density at radius 3 is 3.00 bits per heavy atom. The van der Waals surface area contributed by atoms with E-state index >= 15 is 0 Å². The van der Waals surface area contributed by atoms with Crippen molar-refractivity contribution < 1.29 is 28.7 Å². The number of hydrogen-bond acceptors (Lipinski definition) is 2. The van der Waals surface area contributed by atoms with Gasteiger partial charge in [-0.15, -0.1) is 0 Å². The summed E-state index contributed by atoms with van der Waals surface area (Å²) in [5, 5.41) is 0. The number of carbonyl (C=O) groups excluding carboxylic acids is 1. The van der Waals surface area contributed by atoms with Gasteiger partial charge in [0.05, 0.1) is 14.8 Å². The third kappa shape index (κ3) is 3.28. The fourth-order valence-corrected chi connectivity index (χ4v) is 0.505. The molecule has 0 saturated carbocycles. The number of rotatable bonds is 4. The molecule has 70 valence electrons. The highest BCUT2D eigenvalue weighted by atomic mass is 16.5. The molecule has 1 rings (SSSR count). The molecule has 0 atom stereocenters. The van der Waals surface area contributed by atoms with Crippen molar-refractivity contribution in [3.8, 4) is 5.75 Å². The summed E-state index contributed by atoms with van der Waals surface area (Å²) in [6, 6.07) is -4.37. The van der Waals surface area contributed by atoms with E-state index in [0.29, 0.717) is 0 Å². The second kappa shape index (κ2) is 4.65. The first-order valence-electron chi connectivity index (χ1n) is 10.1. The topological polar surface area (TPSA) is 26.3 Å². The molecule has 2 heteroatoms. The Labute approximate surface area is 98.2 Å². The van der Waals surface area contributed by atoms with E-state index in [1.54, 1.807) is 0 Å². The molecule has 2 nitrogen and oxygen atoms in total. The fraction of sp³-hybridized carbons (Fsp3) is 0.364. The maximum Gasteiger partial charge on any atom is 0.150 e. The monoisotopic (exact) mass is 192 g/mol. The molecule has 0 saturated heterocycles. The minimum Gasteiger partial charge on any atom is -0.493 e. The molecular weight excluding hydrogens is 164 g/mol. The molecule has 0 unspecified atom stereocenters. The number of hydrogen-bond donors (Lipinski definition) is 0. The van der Waals surface area contributed by atoms with Gasteiger partial charge in [0.25, 0.3) is 0 Å². The van der Waals surface area contributed by atoms with Crippen molar-refractivity contribution >= 4 is 6.26 Å². The van der Waals surface area contributed by atoms with Crippen LogP contribution in [0.25, 0.3) is 0 Å². The summed E-state index contributed by atoms with van der Waals surface area (Å²) in [7, 11) is 0. The molecule has 0 radical (unpaired) electrons. The van der Waals surface area contributed by atoms with Crippen molar-refractivity contribution in [3.63, 3.8) is 0 Å². The van der Waals surface area contributed by atoms with Crippen LogP contribution in [0.3, 0.4) is 0 Å². The molecule has 0 aliphatic carbocycles. The standard InChI is InChI=1S/C11H14O2/c1-9(2)8-13-11-5-3-10(7-12)4-6-11/h3-7,9H,8H2,1-2H3/i1D3,2D3,3D,4D,5D,6D,7D,8D2,9D. The summed E-state index contributed by atoms with van der Waals surface area (Å²) in [4.78, 5) is 11.2. The van der Waals surface area contributed by atoms with E-state index in [4.69, 9.17) is 19.2 Å². The van der Waals surface area contributed by atoms with E-state index in [1.807, 2.05) is 0 Å². The van der Waals surface area contributed by atoms with Crippen LogP contribution in [0.1, 0.15) is 43.3 Å². The minimum absolute atomic E-state index is 0.929. The van der Waals surface area contributed by atoms with Gasteiger partial charge in [0.2, 0.25) is 0 Å². The second-order valence-corrected chi connectivity index (χ2v) is 1.89. The van der Waals surface area contributed by atoms with Gasteiger partial charge in [0.15, 0.2) is 0 Å². The lowest BCUT2D eigenvalue weighted by molar-refractivity contribution is 0.112. The number of aldehydes is 1. The summed E-state index contributed by atoms with van der Waals surface area (Å²) in [5.41, 5.74) is -0.929. The van der Waals surface area contributed by atoms with Crippen molar-refractivity contribution in [2.24, 2.45) is 5.89 Å². The lowest BCUT2D eigenvalue weighted by atomic mass is 10.2. The van der Waals surface area contributed by atoms with Crippen LogP contribution in [0.5, 0.6) is 5.75 Å². The highest BCUT2D eigenvalue weighted by molar-refractivity contribution is 5.74. The molecule has 0 bridgehead atoms. The summed E-state index contributed by atoms with van der Waals surface area (Å²) in [6.45, 7) is -11.3. The van der Waals surface area contributed by atoms with Gasteiger partial charge in [-0.25, -0.2) is 0 Å². The zero-order valence-corrected chi connectivity index (χ0v) is 6.32. The molecular formula is C11H14O2. The van der Waals surface area contributed by atoms with Gasteiger partial charge < -0.3 is 4.74 Å². The van der Waals surface area contributed by atoms with Crippen molar-refractivity contribution in [2.45, 2.75) is 13.7 Å². The Hall–Kier alpha value is -1.31. The van der Waals surface area contributed by atoms with Gasteiger partial charge in [-0.2, -0.15) is 0 Å². The summed E-state index contributed by atoms with van der Waals surface area (Å²) in [6.07, 6.45) is -1.55. The molecule has 13 heavy (non-hydrogen) atoms.